The molecular formula is C22H26N2O. The Balaban J connectivity index is 1.54. The number of hydrogen-bond acceptors (Lipinski definition) is 2. The van der Waals surface area contributed by atoms with E-state index < -0.39 is 0 Å². The molecule has 0 saturated heterocycles. The molecule has 1 saturated carbocycles. The highest BCUT2D eigenvalue weighted by Crippen LogP contribution is 2.47. The average molecular weight is 334 g/mol. The van der Waals surface area contributed by atoms with E-state index in [1.165, 1.54) is 16.7 Å². The average Bonchev–Trinajstić information content (AvgIpc) is 3.37. The lowest BCUT2D eigenvalue weighted by Gasteiger charge is -2.19. The van der Waals surface area contributed by atoms with Gasteiger partial charge in [-0.2, -0.15) is 5.10 Å². The summed E-state index contributed by atoms with van der Waals surface area (Å²) in [4.78, 5) is 12.2. The minimum absolute atomic E-state index is 0.00765. The molecule has 1 fully saturated rings. The Morgan fingerprint density at radius 3 is 2.32 bits per heavy atom. The van der Waals surface area contributed by atoms with Crippen LogP contribution in [-0.2, 0) is 10.2 Å². The molecule has 2 aromatic carbocycles. The Labute approximate surface area is 150 Å². The van der Waals surface area contributed by atoms with Crippen LogP contribution in [-0.4, -0.2) is 12.1 Å². The standard InChI is InChI=1S/C22H26N2O/c1-15-5-7-16(8-6-15)14-23-24-21(25)20-13-19(20)17-9-11-18(12-10-17)22(2,3)4/h5-12,14,19-20H,13H2,1-4H3,(H,24,25)/b23-14-/t19-,20+/m1/s1. The third-order valence-corrected chi connectivity index (χ3v) is 4.80. The molecule has 0 bridgehead atoms. The highest BCUT2D eigenvalue weighted by atomic mass is 16.2. The summed E-state index contributed by atoms with van der Waals surface area (Å²) in [5.41, 5.74) is 7.59. The van der Waals surface area contributed by atoms with Crippen molar-refractivity contribution < 1.29 is 4.79 Å². The van der Waals surface area contributed by atoms with Crippen LogP contribution in [0.4, 0.5) is 0 Å². The molecule has 3 rings (SSSR count). The Morgan fingerprint density at radius 1 is 1.08 bits per heavy atom. The van der Waals surface area contributed by atoms with Gasteiger partial charge in [0.25, 0.3) is 0 Å². The van der Waals surface area contributed by atoms with Crippen molar-refractivity contribution in [3.63, 3.8) is 0 Å². The van der Waals surface area contributed by atoms with Crippen molar-refractivity contribution in [1.29, 1.82) is 0 Å². The van der Waals surface area contributed by atoms with Gasteiger partial charge in [0.05, 0.1) is 6.21 Å². The van der Waals surface area contributed by atoms with Crippen molar-refractivity contribution in [3.05, 3.63) is 70.8 Å². The summed E-state index contributed by atoms with van der Waals surface area (Å²) in [6.45, 7) is 8.67. The summed E-state index contributed by atoms with van der Waals surface area (Å²) in [6, 6.07) is 16.7. The van der Waals surface area contributed by atoms with Gasteiger partial charge in [-0.05, 0) is 41.4 Å². The highest BCUT2D eigenvalue weighted by Gasteiger charge is 2.43. The van der Waals surface area contributed by atoms with Gasteiger partial charge in [0, 0.05) is 5.92 Å². The predicted octanol–water partition coefficient (Wildman–Crippen LogP) is 4.55. The van der Waals surface area contributed by atoms with Crippen LogP contribution in [0.2, 0.25) is 0 Å². The molecule has 3 nitrogen and oxygen atoms in total. The number of benzene rings is 2. The molecule has 25 heavy (non-hydrogen) atoms. The number of amides is 1. The fourth-order valence-corrected chi connectivity index (χ4v) is 2.99. The number of hydrazone groups is 1. The summed E-state index contributed by atoms with van der Waals surface area (Å²) >= 11 is 0. The van der Waals surface area contributed by atoms with Gasteiger partial charge in [-0.1, -0.05) is 74.9 Å². The number of rotatable bonds is 4. The van der Waals surface area contributed by atoms with Crippen molar-refractivity contribution in [2.75, 3.05) is 0 Å². The van der Waals surface area contributed by atoms with Crippen molar-refractivity contribution in [3.8, 4) is 0 Å². The second-order valence-corrected chi connectivity index (χ2v) is 7.97. The van der Waals surface area contributed by atoms with E-state index in [-0.39, 0.29) is 17.2 Å². The summed E-state index contributed by atoms with van der Waals surface area (Å²) in [5.74, 6) is 0.368. The van der Waals surface area contributed by atoms with Gasteiger partial charge >= 0.3 is 0 Å². The third kappa shape index (κ3) is 4.36. The minimum atomic E-state index is 0.00765. The number of nitrogens with one attached hydrogen (secondary N) is 1. The van der Waals surface area contributed by atoms with Crippen molar-refractivity contribution in [2.24, 2.45) is 11.0 Å². The molecule has 1 amide bonds. The summed E-state index contributed by atoms with van der Waals surface area (Å²) < 4.78 is 0. The fraction of sp³-hybridized carbons (Fsp3) is 0.364. The second kappa shape index (κ2) is 6.83. The topological polar surface area (TPSA) is 41.5 Å². The van der Waals surface area contributed by atoms with Crippen molar-refractivity contribution in [1.82, 2.24) is 5.43 Å². The van der Waals surface area contributed by atoms with Crippen LogP contribution in [0.25, 0.3) is 0 Å². The van der Waals surface area contributed by atoms with E-state index in [1.54, 1.807) is 6.21 Å². The first-order valence-corrected chi connectivity index (χ1v) is 8.84. The molecule has 1 N–H and O–H groups in total. The molecular weight excluding hydrogens is 308 g/mol. The van der Waals surface area contributed by atoms with Crippen LogP contribution < -0.4 is 5.43 Å². The zero-order chi connectivity index (χ0) is 18.0. The van der Waals surface area contributed by atoms with Gasteiger partial charge in [0.1, 0.15) is 0 Å². The van der Waals surface area contributed by atoms with Crippen LogP contribution in [0.15, 0.2) is 53.6 Å². The number of hydrogen-bond donors (Lipinski definition) is 1. The maximum Gasteiger partial charge on any atom is 0.243 e. The Bertz CT molecular complexity index is 767. The second-order valence-electron chi connectivity index (χ2n) is 7.97. The smallest absolute Gasteiger partial charge is 0.243 e. The summed E-state index contributed by atoms with van der Waals surface area (Å²) in [7, 11) is 0. The quantitative estimate of drug-likeness (QED) is 0.647. The largest absolute Gasteiger partial charge is 0.273 e. The van der Waals surface area contributed by atoms with E-state index in [9.17, 15) is 4.79 Å². The molecule has 130 valence electrons. The number of nitrogens with zero attached hydrogens (tertiary/aromatic N) is 1. The van der Waals surface area contributed by atoms with Gasteiger partial charge in [0.15, 0.2) is 0 Å². The monoisotopic (exact) mass is 334 g/mol. The predicted molar refractivity (Wildman–Crippen MR) is 103 cm³/mol. The summed E-state index contributed by atoms with van der Waals surface area (Å²) in [5, 5.41) is 4.08. The van der Waals surface area contributed by atoms with Crippen LogP contribution in [0, 0.1) is 12.8 Å². The van der Waals surface area contributed by atoms with E-state index in [0.29, 0.717) is 5.92 Å². The molecule has 0 radical (unpaired) electrons. The van der Waals surface area contributed by atoms with Crippen molar-refractivity contribution in [2.45, 2.75) is 45.4 Å². The van der Waals surface area contributed by atoms with Gasteiger partial charge in [-0.3, -0.25) is 4.79 Å². The van der Waals surface area contributed by atoms with Crippen LogP contribution in [0.1, 0.15) is 55.4 Å². The third-order valence-electron chi connectivity index (χ3n) is 4.80. The molecule has 0 aliphatic heterocycles. The molecule has 1 aliphatic rings. The van der Waals surface area contributed by atoms with Crippen LogP contribution >= 0.6 is 0 Å². The maximum absolute atomic E-state index is 12.2. The molecule has 1 aliphatic carbocycles. The maximum atomic E-state index is 12.2. The number of carbonyl (C=O) groups is 1. The Kier molecular flexibility index (Phi) is 4.76. The first-order chi connectivity index (χ1) is 11.8. The van der Waals surface area contributed by atoms with Crippen molar-refractivity contribution >= 4 is 12.1 Å². The van der Waals surface area contributed by atoms with Crippen LogP contribution in [0.5, 0.6) is 0 Å². The first kappa shape index (κ1) is 17.4. The van der Waals surface area contributed by atoms with Gasteiger partial charge in [0.2, 0.25) is 5.91 Å². The molecule has 0 spiro atoms. The SMILES string of the molecule is Cc1ccc(/C=N\NC(=O)[C@H]2C[C@@H]2c2ccc(C(C)(C)C)cc2)cc1. The van der Waals surface area contributed by atoms with Crippen LogP contribution in [0.3, 0.4) is 0 Å². The number of aryl methyl sites for hydroxylation is 1. The van der Waals surface area contributed by atoms with E-state index >= 15 is 0 Å². The normalized spacial score (nSPS) is 19.8. The lowest BCUT2D eigenvalue weighted by Crippen LogP contribution is -2.20. The molecule has 2 atom stereocenters. The Hall–Kier alpha value is -2.42. The van der Waals surface area contributed by atoms with E-state index in [0.717, 1.165) is 12.0 Å². The zero-order valence-electron chi connectivity index (χ0n) is 15.4. The fourth-order valence-electron chi connectivity index (χ4n) is 2.99. The first-order valence-electron chi connectivity index (χ1n) is 8.84. The van der Waals surface area contributed by atoms with E-state index in [4.69, 9.17) is 0 Å². The molecule has 2 aromatic rings. The summed E-state index contributed by atoms with van der Waals surface area (Å²) in [6.07, 6.45) is 2.59. The molecule has 3 heteroatoms. The lowest BCUT2D eigenvalue weighted by molar-refractivity contribution is -0.122. The highest BCUT2D eigenvalue weighted by molar-refractivity contribution is 5.85. The molecule has 0 unspecified atom stereocenters. The lowest BCUT2D eigenvalue weighted by atomic mass is 9.86. The van der Waals surface area contributed by atoms with E-state index in [2.05, 4.69) is 55.6 Å². The van der Waals surface area contributed by atoms with Gasteiger partial charge in [-0.25, -0.2) is 5.43 Å². The zero-order valence-corrected chi connectivity index (χ0v) is 15.4. The molecule has 0 aromatic heterocycles. The minimum Gasteiger partial charge on any atom is -0.273 e. The number of carbonyl (C=O) groups excluding carboxylic acids is 1. The Morgan fingerprint density at radius 2 is 1.72 bits per heavy atom. The van der Waals surface area contributed by atoms with Gasteiger partial charge < -0.3 is 0 Å². The van der Waals surface area contributed by atoms with Gasteiger partial charge in [-0.15, -0.1) is 0 Å². The van der Waals surface area contributed by atoms with E-state index in [1.807, 2.05) is 31.2 Å². The molecule has 0 heterocycles.